The van der Waals surface area contributed by atoms with Crippen molar-refractivity contribution in [3.8, 4) is 34.2 Å². The number of pyridine rings is 4. The summed E-state index contributed by atoms with van der Waals surface area (Å²) in [6.07, 6.45) is -6.53. The summed E-state index contributed by atoms with van der Waals surface area (Å²) in [5.74, 6) is -1.000. The second-order valence-corrected chi connectivity index (χ2v) is 18.4. The number of halogens is 12. The number of aromatic nitrogens is 6. The zero-order valence-corrected chi connectivity index (χ0v) is 46.6. The minimum Gasteiger partial charge on any atom is -0.753 e. The molecule has 442 valence electrons. The van der Waals surface area contributed by atoms with Crippen LogP contribution in [-0.2, 0) is 60.7 Å². The van der Waals surface area contributed by atoms with Gasteiger partial charge in [-0.2, -0.15) is 57.8 Å². The standard InChI is InChI=1S/C33H26F9N3O6.C21H21F3N3S.CNS.Ru/c34-31(35,36)6-1-24(49-18-46)11-21-4-9-43-27(14-21)29-16-23(13-26(51-20-48)3-8-33(40,41)42)17-30(45-29)28-15-22(5-10-44-28)12-25(50-19-47)2-7-32(37,38)39;1-2-3-4-5-6-16-9-10-17(28-16)8-7-15-11-12-25-18(13-15)19-14-20(27-26-19)21(22,23)24;2-1-3;/h4-5,9-20H,1-3,6-8H2;7-14H,2-6H2,1H3;;/q;2*-1;+2/b24-11+,25-12+,26-13+;8-7+;;. The number of unbranched alkanes of at least 4 members (excludes halogenated alkanes) is 3. The quantitative estimate of drug-likeness (QED) is 0.00773. The normalized spacial score (nSPS) is 12.2. The third-order valence-electron chi connectivity index (χ3n) is 10.8. The molecule has 0 amide bonds. The molecule has 13 nitrogen and oxygen atoms in total. The summed E-state index contributed by atoms with van der Waals surface area (Å²) in [5, 5.41) is 15.3. The minimum atomic E-state index is -4.59. The van der Waals surface area contributed by atoms with Crippen molar-refractivity contribution < 1.29 is 101 Å². The third kappa shape index (κ3) is 26.9. The minimum absolute atomic E-state index is 0. The smallest absolute Gasteiger partial charge is 0.753 e. The van der Waals surface area contributed by atoms with Gasteiger partial charge in [-0.1, -0.05) is 50.2 Å². The molecule has 0 saturated carbocycles. The van der Waals surface area contributed by atoms with E-state index in [0.29, 0.717) is 5.69 Å². The van der Waals surface area contributed by atoms with Gasteiger partial charge in [-0.05, 0) is 126 Å². The van der Waals surface area contributed by atoms with Crippen LogP contribution in [0.2, 0.25) is 0 Å². The zero-order chi connectivity index (χ0) is 60.4. The molecule has 0 aliphatic heterocycles. The van der Waals surface area contributed by atoms with Crippen LogP contribution in [0.5, 0.6) is 0 Å². The van der Waals surface area contributed by atoms with Crippen LogP contribution in [0.15, 0.2) is 103 Å². The number of hydrogen-bond donors (Lipinski definition) is 0. The molecule has 6 heterocycles. The number of hydrogen-bond acceptors (Lipinski definition) is 13. The van der Waals surface area contributed by atoms with Crippen molar-refractivity contribution in [3.05, 3.63) is 146 Å². The van der Waals surface area contributed by atoms with E-state index in [1.54, 1.807) is 29.7 Å². The Kier molecular flexibility index (Phi) is 28.7. The second kappa shape index (κ2) is 34.2. The molecule has 0 unspecified atom stereocenters. The first-order chi connectivity index (χ1) is 38.8. The molecule has 0 radical (unpaired) electrons. The number of alkyl halides is 12. The Labute approximate surface area is 489 Å². The first-order valence-electron chi connectivity index (χ1n) is 24.2. The summed E-state index contributed by atoms with van der Waals surface area (Å²) < 4.78 is 168. The fraction of sp³-hybridized carbons (Fsp3) is 0.291. The van der Waals surface area contributed by atoms with Crippen molar-refractivity contribution in [2.45, 2.75) is 102 Å². The molecular weight excluding hydrogens is 1250 g/mol. The van der Waals surface area contributed by atoms with Gasteiger partial charge in [0.15, 0.2) is 0 Å². The SMILES string of the molecule is CCCCCCc1ccc(/C=C/c2ccnc(-c3cc(C(F)(F)F)n[n-]3)c2)s1.O=CO/C(=C/c1ccnc(-c2cc(/C=C(\CCC(F)(F)F)OC=O)cc(-c3cc(/C=C(\CCC(F)(F)F)OC=O)ccn3)n2)c1)CCC(F)(F)F.[N-]=C=S.[Ru+2]. The van der Waals surface area contributed by atoms with Crippen molar-refractivity contribution in [3.63, 3.8) is 0 Å². The van der Waals surface area contributed by atoms with Crippen LogP contribution in [0.4, 0.5) is 52.7 Å². The Hall–Kier alpha value is -7.54. The van der Waals surface area contributed by atoms with Crippen molar-refractivity contribution >= 4 is 78.5 Å². The van der Waals surface area contributed by atoms with Gasteiger partial charge in [0.2, 0.25) is 0 Å². The number of thiocarbonyl (C=S) groups is 1. The Morgan fingerprint density at radius 3 is 1.46 bits per heavy atom. The van der Waals surface area contributed by atoms with Crippen molar-refractivity contribution in [1.82, 2.24) is 30.1 Å². The fourth-order valence-corrected chi connectivity index (χ4v) is 8.01. The molecule has 0 spiro atoms. The first kappa shape index (κ1) is 69.7. The molecule has 0 aliphatic carbocycles. The van der Waals surface area contributed by atoms with E-state index in [0.717, 1.165) is 41.2 Å². The van der Waals surface area contributed by atoms with Gasteiger partial charge < -0.3 is 29.8 Å². The number of aryl methyl sites for hydroxylation is 1. The van der Waals surface area contributed by atoms with Gasteiger partial charge in [0.25, 0.3) is 19.4 Å². The summed E-state index contributed by atoms with van der Waals surface area (Å²) in [6, 6.07) is 16.9. The molecule has 0 aromatic carbocycles. The molecule has 6 aromatic rings. The van der Waals surface area contributed by atoms with E-state index in [2.05, 4.69) is 61.4 Å². The van der Waals surface area contributed by atoms with Gasteiger partial charge in [-0.3, -0.25) is 29.3 Å². The number of isothiocyanates is 1. The molecule has 83 heavy (non-hydrogen) atoms. The van der Waals surface area contributed by atoms with Gasteiger partial charge in [-0.25, -0.2) is 4.98 Å². The maximum absolute atomic E-state index is 13.0. The fourth-order valence-electron chi connectivity index (χ4n) is 7.06. The van der Waals surface area contributed by atoms with Gasteiger partial charge in [0, 0.05) is 53.3 Å². The second-order valence-electron chi connectivity index (χ2n) is 17.1. The number of allylic oxidation sites excluding steroid dienone is 3. The average molecular weight is 1300 g/mol. The molecular formula is C55H47F12N7O6RuS2. The summed E-state index contributed by atoms with van der Waals surface area (Å²) in [5.41, 5.74) is 1.16. The van der Waals surface area contributed by atoms with E-state index in [1.165, 1.54) is 84.5 Å². The zero-order valence-electron chi connectivity index (χ0n) is 43.3. The first-order valence-corrected chi connectivity index (χ1v) is 25.5. The molecule has 0 bridgehead atoms. The summed E-state index contributed by atoms with van der Waals surface area (Å²) in [4.78, 5) is 52.5. The molecule has 6 rings (SSSR count). The molecule has 0 saturated heterocycles. The summed E-state index contributed by atoms with van der Waals surface area (Å²) in [7, 11) is 0. The Morgan fingerprint density at radius 1 is 0.590 bits per heavy atom. The van der Waals surface area contributed by atoms with Gasteiger partial charge in [-0.15, -0.1) is 11.3 Å². The van der Waals surface area contributed by atoms with Crippen LogP contribution >= 0.6 is 23.6 Å². The summed E-state index contributed by atoms with van der Waals surface area (Å²) in [6.45, 7) is 2.08. The van der Waals surface area contributed by atoms with Crippen LogP contribution in [0.3, 0.4) is 0 Å². The van der Waals surface area contributed by atoms with E-state index < -0.39 is 68.9 Å². The topological polar surface area (TPSA) is 180 Å². The van der Waals surface area contributed by atoms with Crippen LogP contribution in [-0.4, -0.2) is 68.1 Å². The van der Waals surface area contributed by atoms with E-state index in [4.69, 9.17) is 19.6 Å². The van der Waals surface area contributed by atoms with E-state index >= 15 is 0 Å². The molecule has 0 fully saturated rings. The number of carbonyl (C=O) groups is 3. The third-order valence-corrected chi connectivity index (χ3v) is 11.9. The number of rotatable bonds is 25. The van der Waals surface area contributed by atoms with Crippen molar-refractivity contribution in [2.75, 3.05) is 0 Å². The maximum atomic E-state index is 13.0. The number of carbonyl (C=O) groups excluding carboxylic acids is 3. The van der Waals surface area contributed by atoms with Crippen molar-refractivity contribution in [2.24, 2.45) is 0 Å². The molecule has 6 aromatic heterocycles. The maximum Gasteiger partial charge on any atom is 2.00 e. The molecule has 0 atom stereocenters. The molecule has 28 heteroatoms. The van der Waals surface area contributed by atoms with Crippen LogP contribution in [0, 0.1) is 0 Å². The molecule has 0 aliphatic rings. The summed E-state index contributed by atoms with van der Waals surface area (Å²) >= 11 is 5.47. The number of ether oxygens (including phenoxy) is 3. The van der Waals surface area contributed by atoms with E-state index in [-0.39, 0.29) is 101 Å². The average Bonchev–Trinajstić information content (AvgIpc) is 4.14. The van der Waals surface area contributed by atoms with Crippen LogP contribution in [0.25, 0.3) is 70.0 Å². The van der Waals surface area contributed by atoms with Gasteiger partial charge in [0.05, 0.1) is 42.0 Å². The largest absolute Gasteiger partial charge is 2.00 e. The van der Waals surface area contributed by atoms with Crippen molar-refractivity contribution in [1.29, 1.82) is 0 Å². The van der Waals surface area contributed by atoms with Crippen LogP contribution in [0.1, 0.15) is 109 Å². The van der Waals surface area contributed by atoms with Gasteiger partial charge >= 0.3 is 44.2 Å². The predicted octanol–water partition coefficient (Wildman–Crippen LogP) is 15.9. The molecule has 0 N–H and O–H groups in total. The number of thiophene rings is 1. The Morgan fingerprint density at radius 2 is 1.02 bits per heavy atom. The van der Waals surface area contributed by atoms with Crippen LogP contribution < -0.4 is 5.10 Å². The van der Waals surface area contributed by atoms with E-state index in [9.17, 15) is 67.1 Å². The Bertz CT molecular complexity index is 3100. The monoisotopic (exact) mass is 1300 g/mol. The Balaban J connectivity index is 0.000000473. The number of nitrogens with zero attached hydrogens (tertiary/aromatic N) is 7. The predicted molar refractivity (Wildman–Crippen MR) is 285 cm³/mol. The van der Waals surface area contributed by atoms with E-state index in [1.807, 2.05) is 12.2 Å². The van der Waals surface area contributed by atoms with Gasteiger partial charge in [0.1, 0.15) is 23.0 Å².